The zero-order valence-electron chi connectivity index (χ0n) is 13.6. The second-order valence-electron chi connectivity index (χ2n) is 5.89. The lowest BCUT2D eigenvalue weighted by Crippen LogP contribution is -2.46. The Bertz CT molecular complexity index is 861. The maximum absolute atomic E-state index is 13.1. The Morgan fingerprint density at radius 2 is 2.00 bits per heavy atom. The van der Waals surface area contributed by atoms with Crippen LogP contribution in [0, 0.1) is 5.82 Å². The van der Waals surface area contributed by atoms with E-state index in [1.54, 1.807) is 24.3 Å². The number of carbonyl (C=O) groups is 2. The molecule has 0 aliphatic carbocycles. The number of hydrogen-bond acceptors (Lipinski definition) is 4. The van der Waals surface area contributed by atoms with Crippen LogP contribution in [0.5, 0.6) is 5.75 Å². The van der Waals surface area contributed by atoms with Crippen LogP contribution in [0.15, 0.2) is 42.5 Å². The van der Waals surface area contributed by atoms with Crippen LogP contribution >= 0.6 is 11.6 Å². The van der Waals surface area contributed by atoms with E-state index in [1.807, 2.05) is 0 Å². The second kappa shape index (κ2) is 7.31. The van der Waals surface area contributed by atoms with Crippen LogP contribution in [-0.4, -0.2) is 30.1 Å². The minimum atomic E-state index is -1.33. The van der Waals surface area contributed by atoms with E-state index in [0.29, 0.717) is 17.9 Å². The number of carbonyl (C=O) groups excluding carboxylic acids is 2. The van der Waals surface area contributed by atoms with Crippen LogP contribution in [0.3, 0.4) is 0 Å². The zero-order chi connectivity index (χ0) is 18.7. The predicted octanol–water partition coefficient (Wildman–Crippen LogP) is 2.20. The summed E-state index contributed by atoms with van der Waals surface area (Å²) >= 11 is 5.63. The Morgan fingerprint density at radius 3 is 2.77 bits per heavy atom. The smallest absolute Gasteiger partial charge is 0.313 e. The SMILES string of the molecule is O=C(NCC1(O)CCOc2ccccc21)C(=O)Nc1ccc(F)c(Cl)c1. The molecule has 0 spiro atoms. The maximum Gasteiger partial charge on any atom is 0.313 e. The minimum absolute atomic E-state index is 0.149. The topological polar surface area (TPSA) is 87.7 Å². The molecule has 0 bridgehead atoms. The molecule has 1 unspecified atom stereocenters. The first-order chi connectivity index (χ1) is 12.4. The van der Waals surface area contributed by atoms with Gasteiger partial charge in [-0.25, -0.2) is 4.39 Å². The summed E-state index contributed by atoms with van der Waals surface area (Å²) < 4.78 is 18.6. The first-order valence-corrected chi connectivity index (χ1v) is 8.26. The highest BCUT2D eigenvalue weighted by molar-refractivity contribution is 6.39. The number of para-hydroxylation sites is 1. The number of hydrogen-bond donors (Lipinski definition) is 3. The van der Waals surface area contributed by atoms with Crippen molar-refractivity contribution in [1.82, 2.24) is 5.32 Å². The fourth-order valence-electron chi connectivity index (χ4n) is 2.69. The fourth-order valence-corrected chi connectivity index (χ4v) is 2.87. The molecule has 0 radical (unpaired) electrons. The van der Waals surface area contributed by atoms with Crippen molar-refractivity contribution in [3.8, 4) is 5.75 Å². The normalized spacial score (nSPS) is 18.4. The summed E-state index contributed by atoms with van der Waals surface area (Å²) in [5.74, 6) is -1.96. The minimum Gasteiger partial charge on any atom is -0.493 e. The Morgan fingerprint density at radius 1 is 1.23 bits per heavy atom. The van der Waals surface area contributed by atoms with Crippen LogP contribution in [0.4, 0.5) is 10.1 Å². The third-order valence-corrected chi connectivity index (χ3v) is 4.38. The average molecular weight is 379 g/mol. The quantitative estimate of drug-likeness (QED) is 0.714. The summed E-state index contributed by atoms with van der Waals surface area (Å²) in [4.78, 5) is 24.0. The first kappa shape index (κ1) is 18.2. The highest BCUT2D eigenvalue weighted by Crippen LogP contribution is 2.36. The van der Waals surface area contributed by atoms with Crippen molar-refractivity contribution in [2.24, 2.45) is 0 Å². The number of fused-ring (bicyclic) bond motifs is 1. The Balaban J connectivity index is 1.63. The summed E-state index contributed by atoms with van der Waals surface area (Å²) in [7, 11) is 0. The Labute approximate surface area is 153 Å². The van der Waals surface area contributed by atoms with Gasteiger partial charge in [0.25, 0.3) is 0 Å². The van der Waals surface area contributed by atoms with E-state index >= 15 is 0 Å². The van der Waals surface area contributed by atoms with Gasteiger partial charge in [-0.15, -0.1) is 0 Å². The number of anilines is 1. The van der Waals surface area contributed by atoms with Crippen molar-refractivity contribution in [1.29, 1.82) is 0 Å². The number of aliphatic hydroxyl groups is 1. The maximum atomic E-state index is 13.1. The molecule has 2 amide bonds. The third-order valence-electron chi connectivity index (χ3n) is 4.09. The largest absolute Gasteiger partial charge is 0.493 e. The van der Waals surface area contributed by atoms with Gasteiger partial charge in [-0.05, 0) is 24.3 Å². The Hall–Kier alpha value is -2.64. The van der Waals surface area contributed by atoms with E-state index in [4.69, 9.17) is 16.3 Å². The zero-order valence-corrected chi connectivity index (χ0v) is 14.3. The van der Waals surface area contributed by atoms with Crippen molar-refractivity contribution in [2.75, 3.05) is 18.5 Å². The van der Waals surface area contributed by atoms with Gasteiger partial charge in [0.15, 0.2) is 0 Å². The molecule has 0 saturated heterocycles. The van der Waals surface area contributed by atoms with Gasteiger partial charge in [0.2, 0.25) is 0 Å². The molecule has 6 nitrogen and oxygen atoms in total. The molecule has 1 atom stereocenters. The summed E-state index contributed by atoms with van der Waals surface area (Å²) in [6, 6.07) is 10.5. The standard InChI is InChI=1S/C18H16ClFN2O4/c19-13-9-11(5-6-14(13)20)22-17(24)16(23)21-10-18(25)7-8-26-15-4-2-1-3-12(15)18/h1-6,9,25H,7-8,10H2,(H,21,23)(H,22,24). The molecule has 0 saturated carbocycles. The third kappa shape index (κ3) is 3.79. The van der Waals surface area contributed by atoms with Gasteiger partial charge in [0.05, 0.1) is 18.2 Å². The first-order valence-electron chi connectivity index (χ1n) is 7.88. The van der Waals surface area contributed by atoms with E-state index < -0.39 is 23.2 Å². The molecular formula is C18H16ClFN2O4. The summed E-state index contributed by atoms with van der Waals surface area (Å²) in [6.07, 6.45) is 0.277. The molecule has 3 rings (SSSR count). The molecular weight excluding hydrogens is 363 g/mol. The predicted molar refractivity (Wildman–Crippen MR) is 93.5 cm³/mol. The molecule has 2 aromatic rings. The van der Waals surface area contributed by atoms with Crippen LogP contribution < -0.4 is 15.4 Å². The monoisotopic (exact) mass is 378 g/mol. The van der Waals surface area contributed by atoms with Crippen LogP contribution in [0.1, 0.15) is 12.0 Å². The van der Waals surface area contributed by atoms with E-state index in [0.717, 1.165) is 6.07 Å². The van der Waals surface area contributed by atoms with Gasteiger partial charge in [0, 0.05) is 17.7 Å². The van der Waals surface area contributed by atoms with Gasteiger partial charge < -0.3 is 20.5 Å². The molecule has 8 heteroatoms. The van der Waals surface area contributed by atoms with E-state index in [2.05, 4.69) is 10.6 Å². The van der Waals surface area contributed by atoms with Crippen molar-refractivity contribution >= 4 is 29.1 Å². The van der Waals surface area contributed by atoms with Gasteiger partial charge in [-0.3, -0.25) is 9.59 Å². The van der Waals surface area contributed by atoms with Crippen LogP contribution in [-0.2, 0) is 15.2 Å². The molecule has 2 aromatic carbocycles. The molecule has 1 aliphatic heterocycles. The second-order valence-corrected chi connectivity index (χ2v) is 6.30. The Kier molecular flexibility index (Phi) is 5.11. The molecule has 1 heterocycles. The van der Waals surface area contributed by atoms with Crippen molar-refractivity contribution in [3.05, 3.63) is 58.9 Å². The van der Waals surface area contributed by atoms with Gasteiger partial charge in [0.1, 0.15) is 17.2 Å². The van der Waals surface area contributed by atoms with Crippen molar-refractivity contribution in [3.63, 3.8) is 0 Å². The highest BCUT2D eigenvalue weighted by Gasteiger charge is 2.36. The van der Waals surface area contributed by atoms with Crippen molar-refractivity contribution < 1.29 is 23.8 Å². The lowest BCUT2D eigenvalue weighted by atomic mass is 9.88. The summed E-state index contributed by atoms with van der Waals surface area (Å²) in [5, 5.41) is 15.4. The lowest BCUT2D eigenvalue weighted by Gasteiger charge is -2.34. The summed E-state index contributed by atoms with van der Waals surface area (Å²) in [5.41, 5.74) is -0.590. The van der Waals surface area contributed by atoms with Gasteiger partial charge in [-0.1, -0.05) is 29.8 Å². The van der Waals surface area contributed by atoms with E-state index in [-0.39, 0.29) is 23.7 Å². The molecule has 136 valence electrons. The molecule has 0 fully saturated rings. The fraction of sp³-hybridized carbons (Fsp3) is 0.222. The lowest BCUT2D eigenvalue weighted by molar-refractivity contribution is -0.137. The van der Waals surface area contributed by atoms with Crippen molar-refractivity contribution in [2.45, 2.75) is 12.0 Å². The molecule has 1 aliphatic rings. The van der Waals surface area contributed by atoms with E-state index in [1.165, 1.54) is 12.1 Å². The number of amides is 2. The molecule has 3 N–H and O–H groups in total. The van der Waals surface area contributed by atoms with Crippen LogP contribution in [0.25, 0.3) is 0 Å². The number of nitrogens with one attached hydrogen (secondary N) is 2. The number of benzene rings is 2. The van der Waals surface area contributed by atoms with Gasteiger partial charge >= 0.3 is 11.8 Å². The molecule has 26 heavy (non-hydrogen) atoms. The van der Waals surface area contributed by atoms with Gasteiger partial charge in [-0.2, -0.15) is 0 Å². The highest BCUT2D eigenvalue weighted by atomic mass is 35.5. The molecule has 0 aromatic heterocycles. The van der Waals surface area contributed by atoms with Crippen LogP contribution in [0.2, 0.25) is 5.02 Å². The van der Waals surface area contributed by atoms with E-state index in [9.17, 15) is 19.1 Å². The average Bonchev–Trinajstić information content (AvgIpc) is 2.63. The number of rotatable bonds is 3. The summed E-state index contributed by atoms with van der Waals surface area (Å²) in [6.45, 7) is 0.146. The number of ether oxygens (including phenoxy) is 1. The number of halogens is 2.